The van der Waals surface area contributed by atoms with Gasteiger partial charge in [0.1, 0.15) is 0 Å². The Labute approximate surface area is 174 Å². The number of nitro groups is 1. The lowest BCUT2D eigenvalue weighted by molar-refractivity contribution is -0.384. The molecule has 2 saturated heterocycles. The highest BCUT2D eigenvalue weighted by molar-refractivity contribution is 6.20. The normalized spacial score (nSPS) is 26.8. The zero-order valence-corrected chi connectivity index (χ0v) is 17.3. The number of benzene rings is 1. The number of nitrogens with zero attached hydrogens (tertiary/aromatic N) is 5. The molecule has 10 nitrogen and oxygen atoms in total. The van der Waals surface area contributed by atoms with Crippen molar-refractivity contribution in [2.75, 3.05) is 45.2 Å². The lowest BCUT2D eigenvalue weighted by atomic mass is 9.67. The Kier molecular flexibility index (Phi) is 4.76. The van der Waals surface area contributed by atoms with E-state index < -0.39 is 34.2 Å². The van der Waals surface area contributed by atoms with E-state index >= 15 is 0 Å². The number of nitro benzene ring substituents is 1. The zero-order chi connectivity index (χ0) is 21.8. The van der Waals surface area contributed by atoms with Gasteiger partial charge in [0.05, 0.1) is 11.0 Å². The SMILES string of the molecule is CCCN1C(=O)N(C)C(=O)[C@]2(Cc3cc([N+](=O)[O-])ccc3N3CCN(C)C[C@H]32)C1=O. The number of non-ortho nitro benzene ring substituents is 1. The second-order valence-electron chi connectivity index (χ2n) is 8.29. The fraction of sp³-hybridized carbons (Fsp3) is 0.550. The first-order valence-corrected chi connectivity index (χ1v) is 10.1. The fourth-order valence-corrected chi connectivity index (χ4v) is 5.00. The Morgan fingerprint density at radius 2 is 1.90 bits per heavy atom. The Morgan fingerprint density at radius 1 is 1.17 bits per heavy atom. The molecule has 2 fully saturated rings. The van der Waals surface area contributed by atoms with Gasteiger partial charge in [0, 0.05) is 57.5 Å². The second kappa shape index (κ2) is 7.05. The average Bonchev–Trinajstić information content (AvgIpc) is 2.73. The number of rotatable bonds is 3. The van der Waals surface area contributed by atoms with Crippen molar-refractivity contribution >= 4 is 29.2 Å². The van der Waals surface area contributed by atoms with E-state index in [0.717, 1.165) is 22.0 Å². The lowest BCUT2D eigenvalue weighted by Gasteiger charge is -2.56. The van der Waals surface area contributed by atoms with Crippen LogP contribution in [-0.2, 0) is 16.0 Å². The molecule has 4 amide bonds. The topological polar surface area (TPSA) is 107 Å². The van der Waals surface area contributed by atoms with E-state index in [2.05, 4.69) is 4.90 Å². The third kappa shape index (κ3) is 2.70. The second-order valence-corrected chi connectivity index (χ2v) is 8.29. The summed E-state index contributed by atoms with van der Waals surface area (Å²) in [6.07, 6.45) is 0.612. The molecule has 0 bridgehead atoms. The number of carbonyl (C=O) groups is 3. The van der Waals surface area contributed by atoms with Crippen LogP contribution in [-0.4, -0.2) is 83.8 Å². The van der Waals surface area contributed by atoms with Crippen LogP contribution in [0.25, 0.3) is 0 Å². The van der Waals surface area contributed by atoms with Crippen molar-refractivity contribution in [1.82, 2.24) is 14.7 Å². The van der Waals surface area contributed by atoms with Crippen LogP contribution in [0, 0.1) is 15.5 Å². The maximum atomic E-state index is 13.7. The van der Waals surface area contributed by atoms with Crippen molar-refractivity contribution in [3.63, 3.8) is 0 Å². The lowest BCUT2D eigenvalue weighted by Crippen LogP contribution is -2.75. The number of hydrogen-bond donors (Lipinski definition) is 0. The number of piperazine rings is 1. The van der Waals surface area contributed by atoms with Crippen LogP contribution in [0.15, 0.2) is 18.2 Å². The van der Waals surface area contributed by atoms with Crippen LogP contribution in [0.3, 0.4) is 0 Å². The van der Waals surface area contributed by atoms with Crippen molar-refractivity contribution in [3.8, 4) is 0 Å². The summed E-state index contributed by atoms with van der Waals surface area (Å²) in [5.41, 5.74) is -0.172. The summed E-state index contributed by atoms with van der Waals surface area (Å²) in [6.45, 7) is 3.89. The molecule has 30 heavy (non-hydrogen) atoms. The number of barbiturate groups is 1. The predicted molar refractivity (Wildman–Crippen MR) is 108 cm³/mol. The highest BCUT2D eigenvalue weighted by Gasteiger charge is 2.64. The molecule has 1 spiro atoms. The molecular weight excluding hydrogens is 390 g/mol. The first kappa shape index (κ1) is 20.3. The van der Waals surface area contributed by atoms with E-state index in [1.165, 1.54) is 19.2 Å². The van der Waals surface area contributed by atoms with Crippen molar-refractivity contribution in [3.05, 3.63) is 33.9 Å². The molecule has 0 aromatic heterocycles. The van der Waals surface area contributed by atoms with E-state index in [4.69, 9.17) is 0 Å². The molecule has 10 heteroatoms. The van der Waals surface area contributed by atoms with Crippen molar-refractivity contribution in [2.45, 2.75) is 25.8 Å². The van der Waals surface area contributed by atoms with Gasteiger partial charge >= 0.3 is 6.03 Å². The van der Waals surface area contributed by atoms with Gasteiger partial charge in [-0.05, 0) is 25.1 Å². The molecule has 3 aliphatic rings. The van der Waals surface area contributed by atoms with Crippen molar-refractivity contribution in [1.29, 1.82) is 0 Å². The minimum absolute atomic E-state index is 0.0362. The molecule has 2 atom stereocenters. The van der Waals surface area contributed by atoms with Gasteiger partial charge in [-0.3, -0.25) is 29.5 Å². The Hall–Kier alpha value is -3.01. The molecule has 1 aromatic rings. The van der Waals surface area contributed by atoms with Crippen LogP contribution in [0.4, 0.5) is 16.2 Å². The van der Waals surface area contributed by atoms with Crippen molar-refractivity contribution < 1.29 is 19.3 Å². The number of fused-ring (bicyclic) bond motifs is 4. The Bertz CT molecular complexity index is 950. The Balaban J connectivity index is 1.91. The largest absolute Gasteiger partial charge is 0.364 e. The monoisotopic (exact) mass is 415 g/mol. The third-order valence-electron chi connectivity index (χ3n) is 6.48. The molecule has 4 rings (SSSR count). The van der Waals surface area contributed by atoms with E-state index in [1.54, 1.807) is 6.07 Å². The molecule has 0 unspecified atom stereocenters. The zero-order valence-electron chi connectivity index (χ0n) is 17.3. The number of amides is 4. The summed E-state index contributed by atoms with van der Waals surface area (Å²) in [7, 11) is 3.34. The maximum Gasteiger partial charge on any atom is 0.333 e. The molecule has 0 aliphatic carbocycles. The van der Waals surface area contributed by atoms with Gasteiger partial charge in [-0.15, -0.1) is 0 Å². The number of urea groups is 1. The molecule has 0 radical (unpaired) electrons. The summed E-state index contributed by atoms with van der Waals surface area (Å²) in [5, 5.41) is 11.3. The van der Waals surface area contributed by atoms with Crippen LogP contribution in [0.5, 0.6) is 0 Å². The van der Waals surface area contributed by atoms with Gasteiger partial charge in [0.2, 0.25) is 11.8 Å². The molecule has 3 aliphatic heterocycles. The van der Waals surface area contributed by atoms with E-state index in [9.17, 15) is 24.5 Å². The number of imide groups is 2. The van der Waals surface area contributed by atoms with Gasteiger partial charge in [0.15, 0.2) is 5.41 Å². The van der Waals surface area contributed by atoms with Gasteiger partial charge in [-0.25, -0.2) is 4.79 Å². The quantitative estimate of drug-likeness (QED) is 0.413. The molecule has 0 N–H and O–H groups in total. The Morgan fingerprint density at radius 3 is 2.57 bits per heavy atom. The van der Waals surface area contributed by atoms with E-state index in [-0.39, 0.29) is 18.7 Å². The van der Waals surface area contributed by atoms with Crippen LogP contribution in [0.1, 0.15) is 18.9 Å². The smallest absolute Gasteiger partial charge is 0.333 e. The fourth-order valence-electron chi connectivity index (χ4n) is 5.00. The van der Waals surface area contributed by atoms with Crippen LogP contribution in [0.2, 0.25) is 0 Å². The highest BCUT2D eigenvalue weighted by Crippen LogP contribution is 2.47. The summed E-state index contributed by atoms with van der Waals surface area (Å²) < 4.78 is 0. The average molecular weight is 415 g/mol. The number of carbonyl (C=O) groups excluding carboxylic acids is 3. The van der Waals surface area contributed by atoms with Gasteiger partial charge in [-0.1, -0.05) is 6.92 Å². The van der Waals surface area contributed by atoms with Gasteiger partial charge in [0.25, 0.3) is 5.69 Å². The number of likely N-dealkylation sites (N-methyl/N-ethyl adjacent to an activating group) is 1. The number of hydrogen-bond acceptors (Lipinski definition) is 7. The highest BCUT2D eigenvalue weighted by atomic mass is 16.6. The molecule has 160 valence electrons. The summed E-state index contributed by atoms with van der Waals surface area (Å²) in [6, 6.07) is 3.54. The molecule has 3 heterocycles. The third-order valence-corrected chi connectivity index (χ3v) is 6.48. The first-order chi connectivity index (χ1) is 14.2. The maximum absolute atomic E-state index is 13.7. The molecule has 1 aromatic carbocycles. The summed E-state index contributed by atoms with van der Waals surface area (Å²) in [5.74, 6) is -1.03. The number of anilines is 1. The standard InChI is InChI=1S/C20H25N5O5/c1-4-7-24-18(27)20(17(26)22(3)19(24)28)11-13-10-14(25(29)30)5-6-15(13)23-9-8-21(2)12-16(20)23/h5-6,10,16H,4,7-9,11-12H2,1-3H3/t16-,20+/m0/s1. The predicted octanol–water partition coefficient (Wildman–Crippen LogP) is 1.09. The minimum atomic E-state index is -1.49. The minimum Gasteiger partial charge on any atom is -0.364 e. The van der Waals surface area contributed by atoms with E-state index in [1.807, 2.05) is 18.9 Å². The molecule has 0 saturated carbocycles. The van der Waals surface area contributed by atoms with Crippen molar-refractivity contribution in [2.24, 2.45) is 5.41 Å². The van der Waals surface area contributed by atoms with Crippen LogP contribution < -0.4 is 4.90 Å². The summed E-state index contributed by atoms with van der Waals surface area (Å²) >= 11 is 0. The first-order valence-electron chi connectivity index (χ1n) is 10.1. The van der Waals surface area contributed by atoms with E-state index in [0.29, 0.717) is 25.1 Å². The van der Waals surface area contributed by atoms with Crippen LogP contribution >= 0.6 is 0 Å². The summed E-state index contributed by atoms with van der Waals surface area (Å²) in [4.78, 5) is 57.1. The van der Waals surface area contributed by atoms with Gasteiger partial charge in [-0.2, -0.15) is 0 Å². The van der Waals surface area contributed by atoms with Gasteiger partial charge < -0.3 is 9.80 Å². The molecular formula is C20H25N5O5.